The Bertz CT molecular complexity index is 865. The van der Waals surface area contributed by atoms with Crippen LogP contribution in [0.15, 0.2) is 24.3 Å². The van der Waals surface area contributed by atoms with Crippen LogP contribution >= 0.6 is 22.9 Å². The highest BCUT2D eigenvalue weighted by Gasteiger charge is 2.21. The van der Waals surface area contributed by atoms with Crippen LogP contribution in [0.2, 0.25) is 5.02 Å². The second kappa shape index (κ2) is 10.2. The van der Waals surface area contributed by atoms with Crippen molar-refractivity contribution in [2.75, 3.05) is 44.6 Å². The van der Waals surface area contributed by atoms with E-state index >= 15 is 0 Å². The number of aryl methyl sites for hydroxylation is 1. The number of rotatable bonds is 7. The van der Waals surface area contributed by atoms with Crippen LogP contribution in [0.5, 0.6) is 0 Å². The maximum Gasteiger partial charge on any atom is 0.350 e. The van der Waals surface area contributed by atoms with Crippen molar-refractivity contribution in [1.82, 2.24) is 14.8 Å². The average Bonchev–Trinajstić information content (AvgIpc) is 3.05. The van der Waals surface area contributed by atoms with E-state index in [-0.39, 0.29) is 5.91 Å². The lowest BCUT2D eigenvalue weighted by molar-refractivity contribution is -0.117. The lowest BCUT2D eigenvalue weighted by Crippen LogP contribution is -2.48. The Kier molecular flexibility index (Phi) is 7.60. The number of piperazine rings is 1. The topological polar surface area (TPSA) is 74.8 Å². The molecule has 0 spiro atoms. The smallest absolute Gasteiger partial charge is 0.350 e. The predicted molar refractivity (Wildman–Crippen MR) is 115 cm³/mol. The zero-order valence-corrected chi connectivity index (χ0v) is 18.2. The summed E-state index contributed by atoms with van der Waals surface area (Å²) in [5.41, 5.74) is 1.69. The number of benzene rings is 1. The Labute approximate surface area is 179 Å². The minimum absolute atomic E-state index is 0.131. The molecular formula is C20H25ClN4O3S. The monoisotopic (exact) mass is 436 g/mol. The van der Waals surface area contributed by atoms with Crippen LogP contribution in [0.1, 0.15) is 27.9 Å². The van der Waals surface area contributed by atoms with Crippen molar-refractivity contribution in [1.29, 1.82) is 0 Å². The third-order valence-electron chi connectivity index (χ3n) is 4.69. The molecule has 29 heavy (non-hydrogen) atoms. The zero-order chi connectivity index (χ0) is 20.8. The first-order valence-electron chi connectivity index (χ1n) is 9.58. The van der Waals surface area contributed by atoms with E-state index in [2.05, 4.69) is 20.1 Å². The first-order chi connectivity index (χ1) is 14.0. The average molecular weight is 437 g/mol. The standard InChI is InChI=1S/C20H25ClN4O3S/c1-3-28-19(27)18-14(2)22-20(29-18)23-17(26)13-25-10-8-24(9-11-25)12-15-6-4-5-7-16(15)21/h4-7H,3,8-13H2,1-2H3,(H,22,23,26). The number of carbonyl (C=O) groups excluding carboxylic acids is 2. The fourth-order valence-corrected chi connectivity index (χ4v) is 4.24. The summed E-state index contributed by atoms with van der Waals surface area (Å²) in [5, 5.41) is 4.01. The van der Waals surface area contributed by atoms with Gasteiger partial charge in [-0.3, -0.25) is 14.6 Å². The Morgan fingerprint density at radius 1 is 1.21 bits per heavy atom. The van der Waals surface area contributed by atoms with E-state index in [1.54, 1.807) is 13.8 Å². The molecule has 7 nitrogen and oxygen atoms in total. The van der Waals surface area contributed by atoms with Gasteiger partial charge in [-0.25, -0.2) is 9.78 Å². The van der Waals surface area contributed by atoms with Gasteiger partial charge in [0.1, 0.15) is 4.88 Å². The molecule has 156 valence electrons. The van der Waals surface area contributed by atoms with Gasteiger partial charge in [0.15, 0.2) is 5.13 Å². The van der Waals surface area contributed by atoms with E-state index in [1.165, 1.54) is 0 Å². The third kappa shape index (κ3) is 5.99. The van der Waals surface area contributed by atoms with Crippen molar-refractivity contribution < 1.29 is 14.3 Å². The fourth-order valence-electron chi connectivity index (χ4n) is 3.17. The molecule has 0 radical (unpaired) electrons. The van der Waals surface area contributed by atoms with Gasteiger partial charge in [-0.2, -0.15) is 0 Å². The van der Waals surface area contributed by atoms with Crippen LogP contribution in [-0.4, -0.2) is 66.0 Å². The number of aromatic nitrogens is 1. The minimum Gasteiger partial charge on any atom is -0.462 e. The van der Waals surface area contributed by atoms with Gasteiger partial charge in [0.25, 0.3) is 0 Å². The van der Waals surface area contributed by atoms with Crippen LogP contribution in [0.3, 0.4) is 0 Å². The first-order valence-corrected chi connectivity index (χ1v) is 10.8. The fraction of sp³-hybridized carbons (Fsp3) is 0.450. The van der Waals surface area contributed by atoms with Crippen LogP contribution < -0.4 is 5.32 Å². The summed E-state index contributed by atoms with van der Waals surface area (Å²) < 4.78 is 5.01. The molecule has 1 fully saturated rings. The number of hydrogen-bond donors (Lipinski definition) is 1. The first kappa shape index (κ1) is 21.7. The molecule has 0 unspecified atom stereocenters. The summed E-state index contributed by atoms with van der Waals surface area (Å²) in [6.07, 6.45) is 0. The van der Waals surface area contributed by atoms with E-state index in [4.69, 9.17) is 16.3 Å². The van der Waals surface area contributed by atoms with E-state index in [0.29, 0.717) is 28.9 Å². The van der Waals surface area contributed by atoms with Gasteiger partial charge >= 0.3 is 5.97 Å². The summed E-state index contributed by atoms with van der Waals surface area (Å²) >= 11 is 7.39. The lowest BCUT2D eigenvalue weighted by atomic mass is 10.2. The molecule has 9 heteroatoms. The highest BCUT2D eigenvalue weighted by molar-refractivity contribution is 7.17. The zero-order valence-electron chi connectivity index (χ0n) is 16.6. The summed E-state index contributed by atoms with van der Waals surface area (Å²) in [6, 6.07) is 7.88. The highest BCUT2D eigenvalue weighted by atomic mass is 35.5. The second-order valence-corrected chi connectivity index (χ2v) is 8.25. The Hall–Kier alpha value is -2.00. The van der Waals surface area contributed by atoms with Crippen LogP contribution in [-0.2, 0) is 16.1 Å². The van der Waals surface area contributed by atoms with Gasteiger partial charge in [-0.15, -0.1) is 0 Å². The molecule has 2 aromatic rings. The maximum atomic E-state index is 12.4. The number of anilines is 1. The molecule has 1 aromatic heterocycles. The number of carbonyl (C=O) groups is 2. The molecule has 0 aliphatic carbocycles. The van der Waals surface area contributed by atoms with Gasteiger partial charge in [0.05, 0.1) is 18.8 Å². The van der Waals surface area contributed by atoms with E-state index in [9.17, 15) is 9.59 Å². The van der Waals surface area contributed by atoms with Crippen LogP contribution in [0.25, 0.3) is 0 Å². The number of thiazole rings is 1. The number of esters is 1. The summed E-state index contributed by atoms with van der Waals surface area (Å²) in [7, 11) is 0. The van der Waals surface area contributed by atoms with E-state index < -0.39 is 5.97 Å². The van der Waals surface area contributed by atoms with E-state index in [0.717, 1.165) is 54.6 Å². The third-order valence-corrected chi connectivity index (χ3v) is 6.11. The minimum atomic E-state index is -0.405. The molecule has 0 atom stereocenters. The molecule has 1 aliphatic heterocycles. The predicted octanol–water partition coefficient (Wildman–Crippen LogP) is 3.04. The largest absolute Gasteiger partial charge is 0.462 e. The summed E-state index contributed by atoms with van der Waals surface area (Å²) in [4.78, 5) is 33.4. The summed E-state index contributed by atoms with van der Waals surface area (Å²) in [6.45, 7) is 8.28. The highest BCUT2D eigenvalue weighted by Crippen LogP contribution is 2.23. The Balaban J connectivity index is 1.46. The van der Waals surface area contributed by atoms with Crippen molar-refractivity contribution in [3.63, 3.8) is 0 Å². The van der Waals surface area contributed by atoms with Gasteiger partial charge in [-0.05, 0) is 25.5 Å². The van der Waals surface area contributed by atoms with Crippen molar-refractivity contribution in [3.05, 3.63) is 45.4 Å². The number of ether oxygens (including phenoxy) is 1. The molecule has 0 saturated carbocycles. The van der Waals surface area contributed by atoms with Crippen LogP contribution in [0, 0.1) is 6.92 Å². The molecule has 1 aromatic carbocycles. The second-order valence-electron chi connectivity index (χ2n) is 6.85. The van der Waals surface area contributed by atoms with Crippen molar-refractivity contribution in [3.8, 4) is 0 Å². The molecule has 1 N–H and O–H groups in total. The molecule has 1 saturated heterocycles. The molecule has 1 aliphatic rings. The lowest BCUT2D eigenvalue weighted by Gasteiger charge is -2.34. The number of nitrogens with zero attached hydrogens (tertiary/aromatic N) is 3. The quantitative estimate of drug-likeness (QED) is 0.672. The van der Waals surface area contributed by atoms with Gasteiger partial charge in [0, 0.05) is 37.7 Å². The maximum absolute atomic E-state index is 12.4. The van der Waals surface area contributed by atoms with Gasteiger partial charge in [0.2, 0.25) is 5.91 Å². The molecule has 2 heterocycles. The number of nitrogens with one attached hydrogen (secondary N) is 1. The Morgan fingerprint density at radius 3 is 2.59 bits per heavy atom. The summed E-state index contributed by atoms with van der Waals surface area (Å²) in [5.74, 6) is -0.536. The molecule has 1 amide bonds. The number of halogens is 1. The van der Waals surface area contributed by atoms with Gasteiger partial charge < -0.3 is 10.1 Å². The van der Waals surface area contributed by atoms with Crippen LogP contribution in [0.4, 0.5) is 5.13 Å². The molecule has 0 bridgehead atoms. The number of hydrogen-bond acceptors (Lipinski definition) is 7. The van der Waals surface area contributed by atoms with Crippen molar-refractivity contribution >= 4 is 39.9 Å². The molecular weight excluding hydrogens is 412 g/mol. The van der Waals surface area contributed by atoms with E-state index in [1.807, 2.05) is 24.3 Å². The van der Waals surface area contributed by atoms with Crippen molar-refractivity contribution in [2.45, 2.75) is 20.4 Å². The van der Waals surface area contributed by atoms with Crippen molar-refractivity contribution in [2.24, 2.45) is 0 Å². The normalized spacial score (nSPS) is 15.3. The number of amides is 1. The van der Waals surface area contributed by atoms with Gasteiger partial charge in [-0.1, -0.05) is 41.1 Å². The SMILES string of the molecule is CCOC(=O)c1sc(NC(=O)CN2CCN(Cc3ccccc3Cl)CC2)nc1C. The Morgan fingerprint density at radius 2 is 1.90 bits per heavy atom. The molecule has 3 rings (SSSR count).